The number of hydrogen-bond donors (Lipinski definition) is 1. The van der Waals surface area contributed by atoms with Crippen LogP contribution in [0.4, 0.5) is 8.78 Å². The van der Waals surface area contributed by atoms with E-state index in [-0.39, 0.29) is 17.5 Å². The number of carbonyl (C=O) groups is 1. The fraction of sp³-hybridized carbons (Fsp3) is 0.636. The molecule has 100 valence electrons. The summed E-state index contributed by atoms with van der Waals surface area (Å²) in [6.07, 6.45) is 1.91. The van der Waals surface area contributed by atoms with Crippen molar-refractivity contribution in [2.45, 2.75) is 32.4 Å². The largest absolute Gasteiger partial charge is 0.376 e. The van der Waals surface area contributed by atoms with Crippen LogP contribution in [0.3, 0.4) is 0 Å². The quantitative estimate of drug-likeness (QED) is 0.891. The van der Waals surface area contributed by atoms with Crippen molar-refractivity contribution < 1.29 is 18.3 Å². The van der Waals surface area contributed by atoms with E-state index in [0.29, 0.717) is 17.8 Å². The van der Waals surface area contributed by atoms with Gasteiger partial charge in [-0.25, -0.2) is 4.68 Å². The summed E-state index contributed by atoms with van der Waals surface area (Å²) in [5.74, 6) is -0.451. The van der Waals surface area contributed by atoms with Crippen LogP contribution in [0.25, 0.3) is 0 Å². The molecule has 0 aromatic carbocycles. The third kappa shape index (κ3) is 2.84. The number of halogens is 2. The zero-order valence-corrected chi connectivity index (χ0v) is 10.0. The number of nitrogens with one attached hydrogen (secondary N) is 1. The van der Waals surface area contributed by atoms with E-state index in [1.807, 2.05) is 0 Å². The van der Waals surface area contributed by atoms with Gasteiger partial charge in [-0.05, 0) is 25.8 Å². The average molecular weight is 259 g/mol. The fourth-order valence-corrected chi connectivity index (χ4v) is 1.90. The lowest BCUT2D eigenvalue weighted by atomic mass is 10.2. The Balaban J connectivity index is 1.93. The minimum absolute atomic E-state index is 0.00537. The third-order valence-corrected chi connectivity index (χ3v) is 2.85. The van der Waals surface area contributed by atoms with Gasteiger partial charge in [-0.2, -0.15) is 13.9 Å². The highest BCUT2D eigenvalue weighted by Crippen LogP contribution is 2.14. The highest BCUT2D eigenvalue weighted by molar-refractivity contribution is 5.92. The van der Waals surface area contributed by atoms with Gasteiger partial charge < -0.3 is 10.1 Å². The number of aromatic nitrogens is 2. The molecule has 1 N–H and O–H groups in total. The van der Waals surface area contributed by atoms with E-state index in [1.165, 1.54) is 13.0 Å². The van der Waals surface area contributed by atoms with Gasteiger partial charge in [0, 0.05) is 18.8 Å². The van der Waals surface area contributed by atoms with Crippen molar-refractivity contribution in [3.63, 3.8) is 0 Å². The topological polar surface area (TPSA) is 56.1 Å². The predicted molar refractivity (Wildman–Crippen MR) is 59.5 cm³/mol. The summed E-state index contributed by atoms with van der Waals surface area (Å²) in [5.41, 5.74) is 0.262. The monoisotopic (exact) mass is 259 g/mol. The van der Waals surface area contributed by atoms with Gasteiger partial charge in [0.15, 0.2) is 5.69 Å². The fourth-order valence-electron chi connectivity index (χ4n) is 1.90. The molecule has 5 nitrogen and oxygen atoms in total. The van der Waals surface area contributed by atoms with E-state index >= 15 is 0 Å². The molecule has 0 radical (unpaired) electrons. The Morgan fingerprint density at radius 3 is 3.06 bits per heavy atom. The lowest BCUT2D eigenvalue weighted by Crippen LogP contribution is -2.32. The van der Waals surface area contributed by atoms with Gasteiger partial charge in [0.05, 0.1) is 6.10 Å². The number of aryl methyl sites for hydroxylation is 1. The van der Waals surface area contributed by atoms with Gasteiger partial charge in [0.25, 0.3) is 5.91 Å². The Kier molecular flexibility index (Phi) is 3.90. The molecule has 1 aliphatic heterocycles. The molecule has 0 unspecified atom stereocenters. The normalized spacial score (nSPS) is 19.4. The average Bonchev–Trinajstić information content (AvgIpc) is 2.94. The van der Waals surface area contributed by atoms with E-state index in [1.54, 1.807) is 0 Å². The first-order chi connectivity index (χ1) is 8.58. The highest BCUT2D eigenvalue weighted by Gasteiger charge is 2.19. The molecule has 1 aromatic rings. The van der Waals surface area contributed by atoms with Crippen molar-refractivity contribution in [3.05, 3.63) is 17.5 Å². The first-order valence-electron chi connectivity index (χ1n) is 5.82. The number of alkyl halides is 2. The molecule has 1 amide bonds. The highest BCUT2D eigenvalue weighted by atomic mass is 19.3. The molecule has 7 heteroatoms. The van der Waals surface area contributed by atoms with Crippen LogP contribution in [0.2, 0.25) is 0 Å². The summed E-state index contributed by atoms with van der Waals surface area (Å²) < 4.78 is 30.8. The van der Waals surface area contributed by atoms with Crippen LogP contribution < -0.4 is 5.32 Å². The lowest BCUT2D eigenvalue weighted by molar-refractivity contribution is 0.0537. The molecular formula is C11H15F2N3O2. The van der Waals surface area contributed by atoms with Gasteiger partial charge in [-0.1, -0.05) is 0 Å². The molecule has 2 heterocycles. The number of ether oxygens (including phenoxy) is 1. The van der Waals surface area contributed by atoms with E-state index in [2.05, 4.69) is 10.4 Å². The minimum atomic E-state index is -2.73. The zero-order chi connectivity index (χ0) is 13.1. The van der Waals surface area contributed by atoms with E-state index < -0.39 is 12.5 Å². The Bertz CT molecular complexity index is 428. The van der Waals surface area contributed by atoms with E-state index in [9.17, 15) is 13.6 Å². The minimum Gasteiger partial charge on any atom is -0.376 e. The molecule has 1 aliphatic rings. The predicted octanol–water partition coefficient (Wildman–Crippen LogP) is 1.50. The second-order valence-corrected chi connectivity index (χ2v) is 4.24. The summed E-state index contributed by atoms with van der Waals surface area (Å²) in [6.45, 7) is -0.153. The Labute approximate surface area is 103 Å². The van der Waals surface area contributed by atoms with Gasteiger partial charge in [-0.15, -0.1) is 0 Å². The van der Waals surface area contributed by atoms with Crippen molar-refractivity contribution >= 4 is 5.91 Å². The number of hydrogen-bond acceptors (Lipinski definition) is 3. The van der Waals surface area contributed by atoms with E-state index in [0.717, 1.165) is 12.8 Å². The number of carbonyl (C=O) groups excluding carboxylic acids is 1. The summed E-state index contributed by atoms with van der Waals surface area (Å²) in [4.78, 5) is 11.7. The number of amides is 1. The van der Waals surface area contributed by atoms with E-state index in [4.69, 9.17) is 4.74 Å². The molecule has 0 bridgehead atoms. The maximum atomic E-state index is 12.5. The summed E-state index contributed by atoms with van der Waals surface area (Å²) >= 11 is 0. The molecule has 1 fully saturated rings. The van der Waals surface area contributed by atoms with Gasteiger partial charge in [0.1, 0.15) is 0 Å². The molecule has 0 spiro atoms. The Hall–Kier alpha value is -1.50. The van der Waals surface area contributed by atoms with Gasteiger partial charge >= 0.3 is 6.55 Å². The zero-order valence-electron chi connectivity index (χ0n) is 10.0. The molecule has 1 saturated heterocycles. The van der Waals surface area contributed by atoms with Gasteiger partial charge in [-0.3, -0.25) is 4.79 Å². The molecule has 0 aliphatic carbocycles. The third-order valence-electron chi connectivity index (χ3n) is 2.85. The van der Waals surface area contributed by atoms with Crippen molar-refractivity contribution in [1.82, 2.24) is 15.1 Å². The van der Waals surface area contributed by atoms with Crippen LogP contribution in [0.5, 0.6) is 0 Å². The van der Waals surface area contributed by atoms with Crippen molar-refractivity contribution in [2.75, 3.05) is 13.2 Å². The smallest absolute Gasteiger partial charge is 0.333 e. The maximum absolute atomic E-state index is 12.5. The van der Waals surface area contributed by atoms with Crippen molar-refractivity contribution in [3.8, 4) is 0 Å². The first kappa shape index (κ1) is 12.9. The second-order valence-electron chi connectivity index (χ2n) is 4.24. The first-order valence-corrected chi connectivity index (χ1v) is 5.82. The SMILES string of the molecule is Cc1cc(C(=O)NC[C@H]2CCCO2)nn1C(F)F. The van der Waals surface area contributed by atoms with Crippen molar-refractivity contribution in [1.29, 1.82) is 0 Å². The summed E-state index contributed by atoms with van der Waals surface area (Å²) in [6, 6.07) is 1.34. The van der Waals surface area contributed by atoms with Crippen molar-refractivity contribution in [2.24, 2.45) is 0 Å². The maximum Gasteiger partial charge on any atom is 0.333 e. The second kappa shape index (κ2) is 5.43. The Morgan fingerprint density at radius 1 is 1.72 bits per heavy atom. The van der Waals surface area contributed by atoms with Gasteiger partial charge in [0.2, 0.25) is 0 Å². The summed E-state index contributed by atoms with van der Waals surface area (Å²) in [5, 5.41) is 6.20. The molecule has 0 saturated carbocycles. The number of nitrogens with zero attached hydrogens (tertiary/aromatic N) is 2. The van der Waals surface area contributed by atoms with Crippen LogP contribution in [0.1, 0.15) is 35.6 Å². The molecular weight excluding hydrogens is 244 g/mol. The molecule has 18 heavy (non-hydrogen) atoms. The van der Waals surface area contributed by atoms with Crippen LogP contribution in [0, 0.1) is 6.92 Å². The standard InChI is InChI=1S/C11H15F2N3O2/c1-7-5-9(15-16(7)11(12)13)10(17)14-6-8-3-2-4-18-8/h5,8,11H,2-4,6H2,1H3,(H,14,17)/t8-/m1/s1. The van der Waals surface area contributed by atoms with Crippen LogP contribution in [-0.2, 0) is 4.74 Å². The summed E-state index contributed by atoms with van der Waals surface area (Å²) in [7, 11) is 0. The molecule has 1 atom stereocenters. The van der Waals surface area contributed by atoms with Crippen LogP contribution >= 0.6 is 0 Å². The van der Waals surface area contributed by atoms with Crippen LogP contribution in [-0.4, -0.2) is 34.9 Å². The lowest BCUT2D eigenvalue weighted by Gasteiger charge is -2.09. The Morgan fingerprint density at radius 2 is 2.50 bits per heavy atom. The molecule has 2 rings (SSSR count). The molecule has 1 aromatic heterocycles. The number of rotatable bonds is 4. The van der Waals surface area contributed by atoms with Crippen LogP contribution in [0.15, 0.2) is 6.07 Å².